The Kier molecular flexibility index (Phi) is 5.68. The van der Waals surface area contributed by atoms with Crippen molar-refractivity contribution in [3.8, 4) is 0 Å². The molecule has 0 spiro atoms. The molecule has 4 nitrogen and oxygen atoms in total. The highest BCUT2D eigenvalue weighted by Crippen LogP contribution is 2.35. The summed E-state index contributed by atoms with van der Waals surface area (Å²) >= 11 is 0. The first-order valence-electron chi connectivity index (χ1n) is 8.76. The van der Waals surface area contributed by atoms with E-state index in [1.54, 1.807) is 0 Å². The lowest BCUT2D eigenvalue weighted by Crippen LogP contribution is -2.47. The van der Waals surface area contributed by atoms with Crippen molar-refractivity contribution in [1.29, 1.82) is 0 Å². The molecule has 2 aliphatic rings. The summed E-state index contributed by atoms with van der Waals surface area (Å²) in [6, 6.07) is 10.3. The minimum Gasteiger partial charge on any atom is -0.381 e. The van der Waals surface area contributed by atoms with Gasteiger partial charge in [-0.05, 0) is 43.6 Å². The number of carbonyl (C=O) groups excluding carboxylic acids is 1. The van der Waals surface area contributed by atoms with Crippen LogP contribution in [0.4, 0.5) is 0 Å². The van der Waals surface area contributed by atoms with Crippen LogP contribution < -0.4 is 5.32 Å². The summed E-state index contributed by atoms with van der Waals surface area (Å²) in [5.74, 6) is 0.762. The summed E-state index contributed by atoms with van der Waals surface area (Å²) in [7, 11) is 0. The van der Waals surface area contributed by atoms with Crippen LogP contribution in [0.5, 0.6) is 0 Å². The molecule has 23 heavy (non-hydrogen) atoms. The second kappa shape index (κ2) is 7.93. The minimum absolute atomic E-state index is 0.205. The van der Waals surface area contributed by atoms with Crippen molar-refractivity contribution in [2.75, 3.05) is 33.0 Å². The van der Waals surface area contributed by atoms with Crippen LogP contribution in [-0.2, 0) is 20.7 Å². The van der Waals surface area contributed by atoms with Gasteiger partial charge in [-0.2, -0.15) is 0 Å². The van der Waals surface area contributed by atoms with Crippen LogP contribution in [-0.4, -0.2) is 38.9 Å². The van der Waals surface area contributed by atoms with Crippen molar-refractivity contribution in [2.45, 2.75) is 32.1 Å². The first-order valence-corrected chi connectivity index (χ1v) is 8.76. The highest BCUT2D eigenvalue weighted by atomic mass is 16.5. The van der Waals surface area contributed by atoms with Crippen LogP contribution in [0.2, 0.25) is 0 Å². The number of hydrogen-bond acceptors (Lipinski definition) is 3. The number of benzene rings is 1. The average molecular weight is 317 g/mol. The van der Waals surface area contributed by atoms with Crippen molar-refractivity contribution in [3.05, 3.63) is 35.9 Å². The van der Waals surface area contributed by atoms with E-state index >= 15 is 0 Å². The van der Waals surface area contributed by atoms with E-state index in [1.165, 1.54) is 5.56 Å². The maximum atomic E-state index is 13.0. The number of ether oxygens (including phenoxy) is 2. The van der Waals surface area contributed by atoms with Gasteiger partial charge >= 0.3 is 0 Å². The van der Waals surface area contributed by atoms with E-state index in [9.17, 15) is 4.79 Å². The molecule has 2 aliphatic heterocycles. The number of hydrogen-bond donors (Lipinski definition) is 1. The molecule has 2 heterocycles. The maximum absolute atomic E-state index is 13.0. The third-order valence-corrected chi connectivity index (χ3v) is 5.21. The quantitative estimate of drug-likeness (QED) is 0.908. The maximum Gasteiger partial charge on any atom is 0.226 e. The molecule has 0 atom stereocenters. The van der Waals surface area contributed by atoms with Crippen LogP contribution in [0.3, 0.4) is 0 Å². The predicted molar refractivity (Wildman–Crippen MR) is 89.2 cm³/mol. The molecule has 0 radical (unpaired) electrons. The number of nitrogens with one attached hydrogen (secondary N) is 1. The summed E-state index contributed by atoms with van der Waals surface area (Å²) in [6.45, 7) is 3.78. The van der Waals surface area contributed by atoms with E-state index in [4.69, 9.17) is 9.47 Å². The molecule has 4 heteroatoms. The van der Waals surface area contributed by atoms with Crippen molar-refractivity contribution in [3.63, 3.8) is 0 Å². The van der Waals surface area contributed by atoms with Crippen LogP contribution in [0.15, 0.2) is 30.3 Å². The van der Waals surface area contributed by atoms with Gasteiger partial charge in [-0.1, -0.05) is 30.3 Å². The largest absolute Gasteiger partial charge is 0.381 e. The summed E-state index contributed by atoms with van der Waals surface area (Å²) < 4.78 is 10.9. The molecular formula is C19H27NO3. The van der Waals surface area contributed by atoms with Gasteiger partial charge < -0.3 is 14.8 Å². The molecule has 1 aromatic carbocycles. The van der Waals surface area contributed by atoms with Crippen LogP contribution >= 0.6 is 0 Å². The zero-order valence-corrected chi connectivity index (χ0v) is 13.8. The molecule has 2 saturated heterocycles. The Morgan fingerprint density at radius 3 is 2.39 bits per heavy atom. The van der Waals surface area contributed by atoms with Gasteiger partial charge in [-0.3, -0.25) is 4.79 Å². The molecule has 126 valence electrons. The molecule has 2 fully saturated rings. The predicted octanol–water partition coefficient (Wildman–Crippen LogP) is 2.57. The lowest BCUT2D eigenvalue weighted by atomic mass is 9.74. The minimum atomic E-state index is -0.315. The van der Waals surface area contributed by atoms with Crippen molar-refractivity contribution >= 4 is 5.91 Å². The Bertz CT molecular complexity index is 491. The standard InChI is InChI=1S/C19H27NO3/c21-18(20-15-17-6-10-22-11-7-17)19(8-12-23-13-9-19)14-16-4-2-1-3-5-16/h1-5,17H,6-15H2,(H,20,21). The second-order valence-corrected chi connectivity index (χ2v) is 6.82. The molecule has 0 aromatic heterocycles. The van der Waals surface area contributed by atoms with E-state index in [2.05, 4.69) is 17.4 Å². The fourth-order valence-electron chi connectivity index (χ4n) is 3.61. The molecule has 0 unspecified atom stereocenters. The van der Waals surface area contributed by atoms with E-state index < -0.39 is 0 Å². The smallest absolute Gasteiger partial charge is 0.226 e. The lowest BCUT2D eigenvalue weighted by molar-refractivity contribution is -0.137. The Labute approximate surface area is 138 Å². The van der Waals surface area contributed by atoms with Gasteiger partial charge in [0.2, 0.25) is 5.91 Å². The fourth-order valence-corrected chi connectivity index (χ4v) is 3.61. The first-order chi connectivity index (χ1) is 11.3. The molecule has 0 aliphatic carbocycles. The summed E-state index contributed by atoms with van der Waals surface area (Å²) in [6.07, 6.45) is 4.52. The SMILES string of the molecule is O=C(NCC1CCOCC1)C1(Cc2ccccc2)CCOCC1. The zero-order chi connectivity index (χ0) is 16.0. The molecule has 1 amide bonds. The Morgan fingerprint density at radius 1 is 1.04 bits per heavy atom. The second-order valence-electron chi connectivity index (χ2n) is 6.82. The van der Waals surface area contributed by atoms with Gasteiger partial charge in [-0.15, -0.1) is 0 Å². The molecule has 0 bridgehead atoms. The summed E-state index contributed by atoms with van der Waals surface area (Å²) in [5.41, 5.74) is 0.917. The highest BCUT2D eigenvalue weighted by molar-refractivity contribution is 5.83. The Hall–Kier alpha value is -1.39. The van der Waals surface area contributed by atoms with E-state index in [0.717, 1.165) is 51.9 Å². The van der Waals surface area contributed by atoms with Crippen molar-refractivity contribution in [1.82, 2.24) is 5.32 Å². The number of rotatable bonds is 5. The Balaban J connectivity index is 1.63. The first kappa shape index (κ1) is 16.5. The van der Waals surface area contributed by atoms with E-state index in [1.807, 2.05) is 18.2 Å². The third-order valence-electron chi connectivity index (χ3n) is 5.21. The molecule has 1 aromatic rings. The fraction of sp³-hybridized carbons (Fsp3) is 0.632. The number of amides is 1. The van der Waals surface area contributed by atoms with Crippen LogP contribution in [0, 0.1) is 11.3 Å². The van der Waals surface area contributed by atoms with Gasteiger partial charge in [0.05, 0.1) is 5.41 Å². The topological polar surface area (TPSA) is 47.6 Å². The van der Waals surface area contributed by atoms with Crippen LogP contribution in [0.1, 0.15) is 31.2 Å². The monoisotopic (exact) mass is 317 g/mol. The third kappa shape index (κ3) is 4.33. The summed E-state index contributed by atoms with van der Waals surface area (Å²) in [5, 5.41) is 3.23. The van der Waals surface area contributed by atoms with E-state index in [0.29, 0.717) is 19.1 Å². The zero-order valence-electron chi connectivity index (χ0n) is 13.8. The van der Waals surface area contributed by atoms with Gasteiger partial charge in [0.1, 0.15) is 0 Å². The van der Waals surface area contributed by atoms with Crippen molar-refractivity contribution in [2.24, 2.45) is 11.3 Å². The highest BCUT2D eigenvalue weighted by Gasteiger charge is 2.40. The molecule has 1 N–H and O–H groups in total. The molecular weight excluding hydrogens is 290 g/mol. The van der Waals surface area contributed by atoms with Gasteiger partial charge in [0.25, 0.3) is 0 Å². The van der Waals surface area contributed by atoms with E-state index in [-0.39, 0.29) is 11.3 Å². The molecule has 0 saturated carbocycles. The Morgan fingerprint density at radius 2 is 1.70 bits per heavy atom. The van der Waals surface area contributed by atoms with Crippen molar-refractivity contribution < 1.29 is 14.3 Å². The van der Waals surface area contributed by atoms with Gasteiger partial charge in [0, 0.05) is 33.0 Å². The van der Waals surface area contributed by atoms with Gasteiger partial charge in [-0.25, -0.2) is 0 Å². The summed E-state index contributed by atoms with van der Waals surface area (Å²) in [4.78, 5) is 13.0. The lowest BCUT2D eigenvalue weighted by Gasteiger charge is -2.36. The number of carbonyl (C=O) groups is 1. The molecule has 3 rings (SSSR count). The average Bonchev–Trinajstić information content (AvgIpc) is 2.62. The van der Waals surface area contributed by atoms with Crippen LogP contribution in [0.25, 0.3) is 0 Å². The van der Waals surface area contributed by atoms with Gasteiger partial charge in [0.15, 0.2) is 0 Å². The normalized spacial score (nSPS) is 21.7.